The van der Waals surface area contributed by atoms with Crippen LogP contribution in [0.1, 0.15) is 12.5 Å². The Hall–Kier alpha value is -4.50. The van der Waals surface area contributed by atoms with Crippen molar-refractivity contribution in [1.82, 2.24) is 45.4 Å². The van der Waals surface area contributed by atoms with Crippen LogP contribution in [0.4, 0.5) is 0 Å². The van der Waals surface area contributed by atoms with Crippen molar-refractivity contribution < 1.29 is 0 Å². The van der Waals surface area contributed by atoms with Gasteiger partial charge >= 0.3 is 0 Å². The molecule has 0 spiro atoms. The number of hydrogen-bond acceptors (Lipinski definition) is 7. The molecule has 0 radical (unpaired) electrons. The van der Waals surface area contributed by atoms with Crippen LogP contribution in [0.5, 0.6) is 0 Å². The van der Waals surface area contributed by atoms with E-state index in [4.69, 9.17) is 4.98 Å². The van der Waals surface area contributed by atoms with Gasteiger partial charge < -0.3 is 10.3 Å². The van der Waals surface area contributed by atoms with Crippen LogP contribution < -0.4 is 5.32 Å². The van der Waals surface area contributed by atoms with E-state index in [0.29, 0.717) is 5.82 Å². The first-order chi connectivity index (χ1) is 16.8. The third-order valence-electron chi connectivity index (χ3n) is 5.70. The first kappa shape index (κ1) is 20.1. The van der Waals surface area contributed by atoms with Crippen LogP contribution in [-0.2, 0) is 6.54 Å². The molecule has 0 aliphatic heterocycles. The molecule has 0 fully saturated rings. The predicted octanol–water partition coefficient (Wildman–Crippen LogP) is 4.13. The number of pyridine rings is 4. The summed E-state index contributed by atoms with van der Waals surface area (Å²) >= 11 is 0. The Morgan fingerprint density at radius 3 is 2.65 bits per heavy atom. The predicted molar refractivity (Wildman–Crippen MR) is 131 cm³/mol. The average molecular weight is 448 g/mol. The second-order valence-corrected chi connectivity index (χ2v) is 7.93. The number of rotatable bonds is 6. The number of hydrogen-bond donors (Lipinski definition) is 3. The first-order valence-electron chi connectivity index (χ1n) is 11.0. The highest BCUT2D eigenvalue weighted by atomic mass is 15.1. The van der Waals surface area contributed by atoms with E-state index >= 15 is 0 Å². The van der Waals surface area contributed by atoms with Crippen molar-refractivity contribution in [1.29, 1.82) is 0 Å². The lowest BCUT2D eigenvalue weighted by Gasteiger charge is -2.05. The van der Waals surface area contributed by atoms with Crippen LogP contribution in [0.15, 0.2) is 67.5 Å². The molecule has 0 aromatic carbocycles. The number of aromatic nitrogens is 8. The number of nitrogens with zero attached hydrogens (tertiary/aromatic N) is 6. The number of fused-ring (bicyclic) bond motifs is 2. The monoisotopic (exact) mass is 447 g/mol. The van der Waals surface area contributed by atoms with Crippen LogP contribution in [0.25, 0.3) is 56.0 Å². The Kier molecular flexibility index (Phi) is 5.00. The van der Waals surface area contributed by atoms with E-state index in [9.17, 15) is 0 Å². The van der Waals surface area contributed by atoms with E-state index < -0.39 is 0 Å². The van der Waals surface area contributed by atoms with Gasteiger partial charge in [-0.3, -0.25) is 25.0 Å². The molecule has 6 rings (SSSR count). The first-order valence-corrected chi connectivity index (χ1v) is 11.0. The quantitative estimate of drug-likeness (QED) is 0.351. The van der Waals surface area contributed by atoms with Crippen molar-refractivity contribution in [2.75, 3.05) is 6.54 Å². The molecule has 0 aliphatic carbocycles. The fourth-order valence-corrected chi connectivity index (χ4v) is 4.02. The second kappa shape index (κ2) is 8.45. The molecule has 6 aromatic heterocycles. The van der Waals surface area contributed by atoms with E-state index in [0.717, 1.165) is 68.8 Å². The maximum atomic E-state index is 4.87. The molecule has 3 N–H and O–H groups in total. The van der Waals surface area contributed by atoms with Crippen molar-refractivity contribution in [2.24, 2.45) is 0 Å². The lowest BCUT2D eigenvalue weighted by atomic mass is 10.1. The fourth-order valence-electron chi connectivity index (χ4n) is 4.02. The van der Waals surface area contributed by atoms with Gasteiger partial charge in [0.2, 0.25) is 0 Å². The minimum absolute atomic E-state index is 0.667. The minimum Gasteiger partial charge on any atom is -0.336 e. The maximum absolute atomic E-state index is 4.87. The molecule has 0 amide bonds. The summed E-state index contributed by atoms with van der Waals surface area (Å²) in [5, 5.41) is 11.9. The Morgan fingerprint density at radius 1 is 0.853 bits per heavy atom. The molecule has 9 heteroatoms. The minimum atomic E-state index is 0.667. The number of nitrogens with one attached hydrogen (secondary N) is 3. The van der Waals surface area contributed by atoms with Crippen LogP contribution in [-0.4, -0.2) is 46.6 Å². The van der Waals surface area contributed by atoms with Gasteiger partial charge in [-0.15, -0.1) is 0 Å². The third-order valence-corrected chi connectivity index (χ3v) is 5.70. The summed E-state index contributed by atoms with van der Waals surface area (Å²) in [6.07, 6.45) is 10.8. The Labute approximate surface area is 194 Å². The lowest BCUT2D eigenvalue weighted by molar-refractivity contribution is 0.724. The van der Waals surface area contributed by atoms with Gasteiger partial charge in [-0.25, -0.2) is 4.98 Å². The summed E-state index contributed by atoms with van der Waals surface area (Å²) in [6.45, 7) is 3.76. The summed E-state index contributed by atoms with van der Waals surface area (Å²) in [4.78, 5) is 25.9. The molecular formula is C25H21N9. The molecule has 0 aliphatic rings. The van der Waals surface area contributed by atoms with Crippen molar-refractivity contribution in [3.63, 3.8) is 0 Å². The molecule has 34 heavy (non-hydrogen) atoms. The molecule has 166 valence electrons. The smallest absolute Gasteiger partial charge is 0.159 e. The van der Waals surface area contributed by atoms with Crippen LogP contribution in [0.3, 0.4) is 0 Å². The van der Waals surface area contributed by atoms with Gasteiger partial charge in [-0.05, 0) is 42.4 Å². The van der Waals surface area contributed by atoms with Crippen LogP contribution >= 0.6 is 0 Å². The van der Waals surface area contributed by atoms with E-state index in [-0.39, 0.29) is 0 Å². The zero-order valence-corrected chi connectivity index (χ0v) is 18.4. The van der Waals surface area contributed by atoms with Crippen molar-refractivity contribution in [2.45, 2.75) is 13.5 Å². The normalized spacial score (nSPS) is 11.4. The Balaban J connectivity index is 1.44. The van der Waals surface area contributed by atoms with Gasteiger partial charge in [0.15, 0.2) is 5.82 Å². The van der Waals surface area contributed by atoms with Gasteiger partial charge in [-0.2, -0.15) is 5.10 Å². The summed E-state index contributed by atoms with van der Waals surface area (Å²) in [7, 11) is 0. The largest absolute Gasteiger partial charge is 0.336 e. The average Bonchev–Trinajstić information content (AvgIpc) is 3.51. The van der Waals surface area contributed by atoms with Gasteiger partial charge in [0.05, 0.1) is 28.6 Å². The standard InChI is InChI=1S/C25H21N9/c1-2-26-11-15-9-17(13-28-12-15)20-10-18-21(14-30-20)33-34-23(18)25-31-19-5-8-29-22(24(19)32-25)16-3-6-27-7-4-16/h3-10,12-14,26H,2,11H2,1H3,(H,31,32)(H,33,34). The second-order valence-electron chi connectivity index (χ2n) is 7.93. The molecule has 0 saturated heterocycles. The van der Waals surface area contributed by atoms with Gasteiger partial charge in [0.25, 0.3) is 0 Å². The Bertz CT molecular complexity index is 1600. The van der Waals surface area contributed by atoms with Gasteiger partial charge in [-0.1, -0.05) is 6.92 Å². The summed E-state index contributed by atoms with van der Waals surface area (Å²) in [5.41, 5.74) is 7.90. The highest BCUT2D eigenvalue weighted by Gasteiger charge is 2.17. The van der Waals surface area contributed by atoms with E-state index in [2.05, 4.69) is 53.4 Å². The van der Waals surface area contributed by atoms with Crippen LogP contribution in [0.2, 0.25) is 0 Å². The molecule has 0 saturated carbocycles. The van der Waals surface area contributed by atoms with E-state index in [1.165, 1.54) is 0 Å². The summed E-state index contributed by atoms with van der Waals surface area (Å²) < 4.78 is 0. The molecule has 9 nitrogen and oxygen atoms in total. The fraction of sp³-hybridized carbons (Fsp3) is 0.120. The van der Waals surface area contributed by atoms with E-state index in [1.54, 1.807) is 24.8 Å². The molecule has 0 unspecified atom stereocenters. The number of aromatic amines is 2. The molecular weight excluding hydrogens is 426 g/mol. The number of imidazole rings is 1. The number of H-pyrrole nitrogens is 2. The highest BCUT2D eigenvalue weighted by Crippen LogP contribution is 2.31. The summed E-state index contributed by atoms with van der Waals surface area (Å²) in [5.74, 6) is 0.667. The lowest BCUT2D eigenvalue weighted by Crippen LogP contribution is -2.11. The van der Waals surface area contributed by atoms with Crippen LogP contribution in [0, 0.1) is 0 Å². The summed E-state index contributed by atoms with van der Waals surface area (Å²) in [6, 6.07) is 9.90. The SMILES string of the molecule is CCNCc1cncc(-c2cc3c(-c4nc5c(-c6ccncc6)nccc5[nH]4)n[nH]c3cn2)c1. The highest BCUT2D eigenvalue weighted by molar-refractivity contribution is 5.96. The Morgan fingerprint density at radius 2 is 1.76 bits per heavy atom. The van der Waals surface area contributed by atoms with Gasteiger partial charge in [0.1, 0.15) is 11.2 Å². The van der Waals surface area contributed by atoms with Crippen molar-refractivity contribution in [3.05, 3.63) is 73.1 Å². The zero-order chi connectivity index (χ0) is 22.9. The zero-order valence-electron chi connectivity index (χ0n) is 18.4. The molecule has 6 aromatic rings. The van der Waals surface area contributed by atoms with E-state index in [1.807, 2.05) is 36.7 Å². The van der Waals surface area contributed by atoms with Crippen molar-refractivity contribution >= 4 is 21.9 Å². The third kappa shape index (κ3) is 3.57. The van der Waals surface area contributed by atoms with Gasteiger partial charge in [0, 0.05) is 54.0 Å². The molecule has 6 heterocycles. The maximum Gasteiger partial charge on any atom is 0.159 e. The molecule has 0 bridgehead atoms. The van der Waals surface area contributed by atoms with Crippen molar-refractivity contribution in [3.8, 4) is 34.0 Å². The topological polar surface area (TPSA) is 121 Å². The molecule has 0 atom stereocenters.